The summed E-state index contributed by atoms with van der Waals surface area (Å²) in [5.74, 6) is 1.12. The maximum atomic E-state index is 13.8. The Morgan fingerprint density at radius 2 is 2.14 bits per heavy atom. The molecule has 2 heterocycles. The lowest BCUT2D eigenvalue weighted by atomic mass is 10.1. The van der Waals surface area contributed by atoms with Crippen LogP contribution in [0.2, 0.25) is 0 Å². The molecule has 0 unspecified atom stereocenters. The lowest BCUT2D eigenvalue weighted by Gasteiger charge is -2.39. The molecule has 3 rings (SSSR count). The van der Waals surface area contributed by atoms with Crippen LogP contribution in [0.5, 0.6) is 5.75 Å². The number of guanidine groups is 1. The number of aliphatic imine (C=N–C) groups is 1. The number of nitrogens with one attached hydrogen (secondary N) is 1. The van der Waals surface area contributed by atoms with Crippen LogP contribution >= 0.6 is 24.0 Å². The lowest BCUT2D eigenvalue weighted by molar-refractivity contribution is -0.0172. The first-order chi connectivity index (χ1) is 12.7. The largest absolute Gasteiger partial charge is 0.467 e. The second kappa shape index (κ2) is 9.12. The van der Waals surface area contributed by atoms with Gasteiger partial charge in [0.25, 0.3) is 0 Å². The van der Waals surface area contributed by atoms with Gasteiger partial charge in [-0.25, -0.2) is 12.8 Å². The Morgan fingerprint density at radius 1 is 1.39 bits per heavy atom. The number of ether oxygens (including phenoxy) is 2. The normalized spacial score (nSPS) is 20.6. The van der Waals surface area contributed by atoms with Gasteiger partial charge in [0.05, 0.1) is 17.1 Å². The zero-order chi connectivity index (χ0) is 19.7. The van der Waals surface area contributed by atoms with Gasteiger partial charge in [0, 0.05) is 32.2 Å². The first-order valence-electron chi connectivity index (χ1n) is 8.93. The van der Waals surface area contributed by atoms with Crippen molar-refractivity contribution in [3.8, 4) is 5.75 Å². The molecule has 2 aliphatic rings. The van der Waals surface area contributed by atoms with E-state index >= 15 is 0 Å². The molecule has 0 spiro atoms. The molecule has 0 aliphatic carbocycles. The maximum absolute atomic E-state index is 13.8. The molecule has 28 heavy (non-hydrogen) atoms. The topological polar surface area (TPSA) is 80.2 Å². The summed E-state index contributed by atoms with van der Waals surface area (Å²) in [5, 5.41) is 3.25. The number of fused-ring (bicyclic) bond motifs is 1. The van der Waals surface area contributed by atoms with E-state index in [2.05, 4.69) is 10.3 Å². The standard InChI is InChI=1S/C18H26FN3O4S.HI/c1-18(2)11-22(6-7-27(18,23)24)17(20-3)21-5-4-13-8-15(19)9-14-10-25-12-26-16(13)14;/h8-9H,4-7,10-12H2,1-3H3,(H,20,21);1H. The molecule has 10 heteroatoms. The van der Waals surface area contributed by atoms with Crippen LogP contribution in [0, 0.1) is 5.82 Å². The molecule has 1 fully saturated rings. The quantitative estimate of drug-likeness (QED) is 0.368. The fraction of sp³-hybridized carbons (Fsp3) is 0.611. The van der Waals surface area contributed by atoms with Crippen LogP contribution in [0.15, 0.2) is 17.1 Å². The van der Waals surface area contributed by atoms with Gasteiger partial charge in [-0.15, -0.1) is 24.0 Å². The van der Waals surface area contributed by atoms with Gasteiger partial charge in [-0.1, -0.05) is 0 Å². The third-order valence-electron chi connectivity index (χ3n) is 4.98. The minimum absolute atomic E-state index is 0. The summed E-state index contributed by atoms with van der Waals surface area (Å²) >= 11 is 0. The van der Waals surface area contributed by atoms with Crippen molar-refractivity contribution in [2.24, 2.45) is 4.99 Å². The molecule has 1 saturated heterocycles. The number of halogens is 2. The minimum atomic E-state index is -3.11. The Labute approximate surface area is 182 Å². The molecule has 0 bridgehead atoms. The fourth-order valence-electron chi connectivity index (χ4n) is 3.41. The number of hydrogen-bond donors (Lipinski definition) is 1. The highest BCUT2D eigenvalue weighted by Crippen LogP contribution is 2.29. The van der Waals surface area contributed by atoms with E-state index in [1.165, 1.54) is 12.1 Å². The van der Waals surface area contributed by atoms with Crippen LogP contribution in [-0.2, 0) is 27.6 Å². The van der Waals surface area contributed by atoms with Crippen molar-refractivity contribution in [2.45, 2.75) is 31.6 Å². The van der Waals surface area contributed by atoms with Gasteiger partial charge in [0.2, 0.25) is 0 Å². The summed E-state index contributed by atoms with van der Waals surface area (Å²) in [6.07, 6.45) is 0.550. The predicted molar refractivity (Wildman–Crippen MR) is 117 cm³/mol. The minimum Gasteiger partial charge on any atom is -0.467 e. The highest BCUT2D eigenvalue weighted by molar-refractivity contribution is 14.0. The van der Waals surface area contributed by atoms with Gasteiger partial charge in [0.1, 0.15) is 11.6 Å². The SMILES string of the molecule is CN=C(NCCc1cc(F)cc2c1OCOC2)N1CCS(=O)(=O)C(C)(C)C1.I. The van der Waals surface area contributed by atoms with Crippen LogP contribution < -0.4 is 10.1 Å². The van der Waals surface area contributed by atoms with E-state index in [0.29, 0.717) is 49.9 Å². The predicted octanol–water partition coefficient (Wildman–Crippen LogP) is 1.94. The van der Waals surface area contributed by atoms with E-state index in [4.69, 9.17) is 9.47 Å². The van der Waals surface area contributed by atoms with E-state index in [1.807, 2.05) is 4.90 Å². The van der Waals surface area contributed by atoms with Crippen molar-refractivity contribution < 1.29 is 22.3 Å². The molecule has 1 aromatic rings. The molecule has 0 radical (unpaired) electrons. The Kier molecular flexibility index (Phi) is 7.54. The van der Waals surface area contributed by atoms with Crippen molar-refractivity contribution in [2.75, 3.05) is 39.2 Å². The van der Waals surface area contributed by atoms with E-state index < -0.39 is 14.6 Å². The Hall–Kier alpha value is -1.14. The lowest BCUT2D eigenvalue weighted by Crippen LogP contribution is -2.57. The number of sulfone groups is 1. The molecule has 0 atom stereocenters. The molecule has 1 aromatic carbocycles. The van der Waals surface area contributed by atoms with Gasteiger partial charge < -0.3 is 19.7 Å². The van der Waals surface area contributed by atoms with Crippen molar-refractivity contribution >= 4 is 39.8 Å². The van der Waals surface area contributed by atoms with E-state index in [1.54, 1.807) is 20.9 Å². The molecule has 0 amide bonds. The first-order valence-corrected chi connectivity index (χ1v) is 10.6. The van der Waals surface area contributed by atoms with Crippen LogP contribution in [0.3, 0.4) is 0 Å². The molecular formula is C18H27FIN3O4S. The molecule has 2 aliphatic heterocycles. The summed E-state index contributed by atoms with van der Waals surface area (Å²) in [6, 6.07) is 2.91. The second-order valence-corrected chi connectivity index (χ2v) is 10.1. The van der Waals surface area contributed by atoms with Crippen LogP contribution in [0.25, 0.3) is 0 Å². The second-order valence-electron chi connectivity index (χ2n) is 7.39. The van der Waals surface area contributed by atoms with E-state index in [-0.39, 0.29) is 42.3 Å². The first kappa shape index (κ1) is 23.1. The summed E-state index contributed by atoms with van der Waals surface area (Å²) in [7, 11) is -1.44. The summed E-state index contributed by atoms with van der Waals surface area (Å²) in [5.41, 5.74) is 1.49. The van der Waals surface area contributed by atoms with Crippen molar-refractivity contribution in [3.05, 3.63) is 29.1 Å². The zero-order valence-electron chi connectivity index (χ0n) is 16.3. The monoisotopic (exact) mass is 527 g/mol. The van der Waals surface area contributed by atoms with Crippen LogP contribution in [-0.4, -0.2) is 63.3 Å². The smallest absolute Gasteiger partial charge is 0.193 e. The number of nitrogens with zero attached hydrogens (tertiary/aromatic N) is 2. The molecular weight excluding hydrogens is 500 g/mol. The highest BCUT2D eigenvalue weighted by atomic mass is 127. The zero-order valence-corrected chi connectivity index (χ0v) is 19.5. The molecule has 7 nitrogen and oxygen atoms in total. The molecule has 158 valence electrons. The third kappa shape index (κ3) is 4.88. The van der Waals surface area contributed by atoms with E-state index in [0.717, 1.165) is 5.56 Å². The third-order valence-corrected chi connectivity index (χ3v) is 7.52. The van der Waals surface area contributed by atoms with E-state index in [9.17, 15) is 12.8 Å². The van der Waals surface area contributed by atoms with Crippen molar-refractivity contribution in [1.29, 1.82) is 0 Å². The molecule has 0 saturated carbocycles. The summed E-state index contributed by atoms with van der Waals surface area (Å²) < 4.78 is 48.1. The van der Waals surface area contributed by atoms with Gasteiger partial charge in [-0.2, -0.15) is 0 Å². The number of benzene rings is 1. The summed E-state index contributed by atoms with van der Waals surface area (Å²) in [4.78, 5) is 6.22. The summed E-state index contributed by atoms with van der Waals surface area (Å²) in [6.45, 7) is 5.29. The van der Waals surface area contributed by atoms with Crippen molar-refractivity contribution in [1.82, 2.24) is 10.2 Å². The fourth-order valence-corrected chi connectivity index (χ4v) is 4.77. The average Bonchev–Trinajstić information content (AvgIpc) is 2.61. The van der Waals surface area contributed by atoms with Gasteiger partial charge >= 0.3 is 0 Å². The van der Waals surface area contributed by atoms with Crippen LogP contribution in [0.4, 0.5) is 4.39 Å². The highest BCUT2D eigenvalue weighted by Gasteiger charge is 2.40. The van der Waals surface area contributed by atoms with Crippen LogP contribution in [0.1, 0.15) is 25.0 Å². The van der Waals surface area contributed by atoms with Gasteiger partial charge in [-0.3, -0.25) is 4.99 Å². The molecule has 1 N–H and O–H groups in total. The van der Waals surface area contributed by atoms with Gasteiger partial charge in [-0.05, 0) is 38.0 Å². The Bertz CT molecular complexity index is 845. The van der Waals surface area contributed by atoms with Gasteiger partial charge in [0.15, 0.2) is 22.6 Å². The molecule has 0 aromatic heterocycles. The Balaban J connectivity index is 0.00000280. The average molecular weight is 527 g/mol. The van der Waals surface area contributed by atoms with Crippen molar-refractivity contribution in [3.63, 3.8) is 0 Å². The number of hydrogen-bond acceptors (Lipinski definition) is 5. The number of rotatable bonds is 3. The maximum Gasteiger partial charge on any atom is 0.193 e. The Morgan fingerprint density at radius 3 is 2.82 bits per heavy atom.